The Bertz CT molecular complexity index is 1150. The number of nitrogens with one attached hydrogen (secondary N) is 3. The lowest BCUT2D eigenvalue weighted by Crippen LogP contribution is -2.29. The van der Waals surface area contributed by atoms with Crippen LogP contribution in [0.15, 0.2) is 66.2 Å². The van der Waals surface area contributed by atoms with Crippen LogP contribution in [0.2, 0.25) is 0 Å². The molecule has 4 aromatic rings. The average molecular weight is 404 g/mol. The summed E-state index contributed by atoms with van der Waals surface area (Å²) in [7, 11) is 0. The molecular weight excluding hydrogens is 384 g/mol. The van der Waals surface area contributed by atoms with Crippen molar-refractivity contribution in [1.29, 1.82) is 0 Å². The average Bonchev–Trinajstić information content (AvgIpc) is 3.34. The summed E-state index contributed by atoms with van der Waals surface area (Å²) in [5, 5.41) is 9.24. The Hall–Kier alpha value is -3.45. The van der Waals surface area contributed by atoms with Gasteiger partial charge in [-0.15, -0.1) is 11.3 Å². The number of para-hydroxylation sites is 1. The van der Waals surface area contributed by atoms with Gasteiger partial charge in [-0.3, -0.25) is 9.59 Å². The third-order valence-electron chi connectivity index (χ3n) is 4.58. The highest BCUT2D eigenvalue weighted by Gasteiger charge is 2.18. The van der Waals surface area contributed by atoms with E-state index in [-0.39, 0.29) is 24.3 Å². The van der Waals surface area contributed by atoms with Gasteiger partial charge in [0.1, 0.15) is 0 Å². The van der Waals surface area contributed by atoms with Crippen molar-refractivity contribution in [2.24, 2.45) is 0 Å². The molecule has 0 aliphatic heterocycles. The lowest BCUT2D eigenvalue weighted by molar-refractivity contribution is -0.120. The topological polar surface area (TPSA) is 86.9 Å². The van der Waals surface area contributed by atoms with Gasteiger partial charge in [-0.1, -0.05) is 48.5 Å². The maximum absolute atomic E-state index is 12.6. The second-order valence-corrected chi connectivity index (χ2v) is 7.56. The fourth-order valence-electron chi connectivity index (χ4n) is 3.28. The highest BCUT2D eigenvalue weighted by atomic mass is 32.1. The summed E-state index contributed by atoms with van der Waals surface area (Å²) in [4.78, 5) is 31.9. The van der Waals surface area contributed by atoms with Crippen molar-refractivity contribution in [3.8, 4) is 11.3 Å². The lowest BCUT2D eigenvalue weighted by Gasteiger charge is -2.17. The van der Waals surface area contributed by atoms with Crippen LogP contribution in [0.5, 0.6) is 0 Å². The fourth-order valence-corrected chi connectivity index (χ4v) is 4.00. The largest absolute Gasteiger partial charge is 0.360 e. The van der Waals surface area contributed by atoms with Crippen molar-refractivity contribution in [2.75, 3.05) is 5.32 Å². The first-order chi connectivity index (χ1) is 14.1. The van der Waals surface area contributed by atoms with E-state index < -0.39 is 0 Å². The number of hydrogen-bond donors (Lipinski definition) is 3. The van der Waals surface area contributed by atoms with Gasteiger partial charge in [0, 0.05) is 35.0 Å². The number of rotatable bonds is 6. The van der Waals surface area contributed by atoms with Crippen LogP contribution in [0.25, 0.3) is 22.2 Å². The van der Waals surface area contributed by atoms with Crippen molar-refractivity contribution in [2.45, 2.75) is 19.4 Å². The van der Waals surface area contributed by atoms with E-state index in [9.17, 15) is 9.59 Å². The molecule has 0 bridgehead atoms. The van der Waals surface area contributed by atoms with E-state index in [0.717, 1.165) is 27.7 Å². The van der Waals surface area contributed by atoms with Crippen molar-refractivity contribution in [3.05, 3.63) is 71.7 Å². The molecule has 0 spiro atoms. The van der Waals surface area contributed by atoms with Crippen molar-refractivity contribution in [1.82, 2.24) is 15.3 Å². The normalized spacial score (nSPS) is 11.9. The number of fused-ring (bicyclic) bond motifs is 1. The Labute approximate surface area is 172 Å². The van der Waals surface area contributed by atoms with E-state index in [1.54, 1.807) is 0 Å². The number of aromatic amines is 1. The van der Waals surface area contributed by atoms with E-state index in [1.165, 1.54) is 18.3 Å². The maximum Gasteiger partial charge on any atom is 0.228 e. The van der Waals surface area contributed by atoms with Crippen molar-refractivity contribution < 1.29 is 9.59 Å². The molecule has 7 heteroatoms. The van der Waals surface area contributed by atoms with Crippen LogP contribution in [-0.4, -0.2) is 21.8 Å². The summed E-state index contributed by atoms with van der Waals surface area (Å²) >= 11 is 1.38. The zero-order valence-corrected chi connectivity index (χ0v) is 16.6. The fraction of sp³-hybridized carbons (Fsp3) is 0.136. The maximum atomic E-state index is 12.6. The minimum atomic E-state index is -0.387. The molecule has 4 rings (SSSR count). The van der Waals surface area contributed by atoms with Crippen LogP contribution in [0, 0.1) is 0 Å². The molecule has 0 aliphatic rings. The summed E-state index contributed by atoms with van der Waals surface area (Å²) in [6, 6.07) is 17.1. The van der Waals surface area contributed by atoms with Gasteiger partial charge < -0.3 is 15.6 Å². The zero-order valence-electron chi connectivity index (χ0n) is 15.8. The molecule has 0 saturated heterocycles. The smallest absolute Gasteiger partial charge is 0.228 e. The molecule has 146 valence electrons. The van der Waals surface area contributed by atoms with Crippen LogP contribution in [0.4, 0.5) is 5.13 Å². The molecule has 0 saturated carbocycles. The number of carbonyl (C=O) groups is 2. The van der Waals surface area contributed by atoms with Crippen LogP contribution in [0.3, 0.4) is 0 Å². The van der Waals surface area contributed by atoms with E-state index in [1.807, 2.05) is 66.2 Å². The number of nitrogens with zero attached hydrogens (tertiary/aromatic N) is 1. The van der Waals surface area contributed by atoms with Gasteiger partial charge in [-0.05, 0) is 11.6 Å². The molecule has 2 aromatic carbocycles. The Morgan fingerprint density at radius 2 is 1.86 bits per heavy atom. The molecule has 1 unspecified atom stereocenters. The highest BCUT2D eigenvalue weighted by molar-refractivity contribution is 7.14. The number of amides is 2. The number of benzene rings is 2. The lowest BCUT2D eigenvalue weighted by atomic mass is 10.0. The highest BCUT2D eigenvalue weighted by Crippen LogP contribution is 2.31. The van der Waals surface area contributed by atoms with Crippen LogP contribution < -0.4 is 10.6 Å². The van der Waals surface area contributed by atoms with Gasteiger partial charge >= 0.3 is 0 Å². The van der Waals surface area contributed by atoms with Gasteiger partial charge in [-0.2, -0.15) is 0 Å². The third kappa shape index (κ3) is 4.35. The molecule has 29 heavy (non-hydrogen) atoms. The van der Waals surface area contributed by atoms with E-state index in [2.05, 4.69) is 20.6 Å². The Morgan fingerprint density at radius 1 is 1.10 bits per heavy atom. The molecule has 1 atom stereocenters. The molecule has 3 N–H and O–H groups in total. The van der Waals surface area contributed by atoms with Crippen molar-refractivity contribution in [3.63, 3.8) is 0 Å². The third-order valence-corrected chi connectivity index (χ3v) is 5.34. The number of hydrogen-bond acceptors (Lipinski definition) is 4. The SMILES string of the molecule is CC(=O)NC(CC(=O)Nc1nc(-c2c[nH]c3ccccc23)cs1)c1ccccc1. The first kappa shape index (κ1) is 18.9. The zero-order chi connectivity index (χ0) is 20.2. The van der Waals surface area contributed by atoms with Crippen molar-refractivity contribution >= 4 is 39.2 Å². The second kappa shape index (κ2) is 8.28. The molecule has 2 amide bonds. The minimum absolute atomic E-state index is 0.131. The molecule has 0 aliphatic carbocycles. The predicted octanol–water partition coefficient (Wildman–Crippen LogP) is 4.50. The number of anilines is 1. The number of carbonyl (C=O) groups excluding carboxylic acids is 2. The summed E-state index contributed by atoms with van der Waals surface area (Å²) in [5.74, 6) is -0.380. The van der Waals surface area contributed by atoms with Gasteiger partial charge in [0.2, 0.25) is 11.8 Å². The van der Waals surface area contributed by atoms with Gasteiger partial charge in [-0.25, -0.2) is 4.98 Å². The minimum Gasteiger partial charge on any atom is -0.360 e. The Balaban J connectivity index is 1.48. The Morgan fingerprint density at radius 3 is 2.66 bits per heavy atom. The number of H-pyrrole nitrogens is 1. The number of thiazole rings is 1. The molecule has 0 fully saturated rings. The quantitative estimate of drug-likeness (QED) is 0.442. The molecular formula is C22H20N4O2S. The second-order valence-electron chi connectivity index (χ2n) is 6.70. The van der Waals surface area contributed by atoms with Crippen LogP contribution in [0.1, 0.15) is 24.9 Å². The molecule has 6 nitrogen and oxygen atoms in total. The predicted molar refractivity (Wildman–Crippen MR) is 116 cm³/mol. The first-order valence-corrected chi connectivity index (χ1v) is 10.1. The van der Waals surface area contributed by atoms with Gasteiger partial charge in [0.25, 0.3) is 0 Å². The van der Waals surface area contributed by atoms with E-state index in [0.29, 0.717) is 5.13 Å². The Kier molecular flexibility index (Phi) is 5.39. The summed E-state index contributed by atoms with van der Waals surface area (Å²) < 4.78 is 0. The van der Waals surface area contributed by atoms with Gasteiger partial charge in [0.05, 0.1) is 18.2 Å². The molecule has 2 heterocycles. The standard InChI is InChI=1S/C22H20N4O2S/c1-14(27)24-19(15-7-3-2-4-8-15)11-21(28)26-22-25-20(13-29-22)17-12-23-18-10-6-5-9-16(17)18/h2-10,12-13,19,23H,11H2,1H3,(H,24,27)(H,25,26,28). The molecule has 2 aromatic heterocycles. The first-order valence-electron chi connectivity index (χ1n) is 9.24. The summed E-state index contributed by atoms with van der Waals surface area (Å²) in [6.07, 6.45) is 2.05. The summed E-state index contributed by atoms with van der Waals surface area (Å²) in [6.45, 7) is 1.45. The van der Waals surface area contributed by atoms with E-state index in [4.69, 9.17) is 0 Å². The van der Waals surface area contributed by atoms with E-state index >= 15 is 0 Å². The summed E-state index contributed by atoms with van der Waals surface area (Å²) in [5.41, 5.74) is 3.74. The monoisotopic (exact) mass is 404 g/mol. The van der Waals surface area contributed by atoms with Gasteiger partial charge in [0.15, 0.2) is 5.13 Å². The number of aromatic nitrogens is 2. The van der Waals surface area contributed by atoms with Crippen LogP contribution in [-0.2, 0) is 9.59 Å². The van der Waals surface area contributed by atoms with Crippen LogP contribution >= 0.6 is 11.3 Å². The molecule has 0 radical (unpaired) electrons.